The molecule has 0 radical (unpaired) electrons. The summed E-state index contributed by atoms with van der Waals surface area (Å²) in [7, 11) is 1.66. The van der Waals surface area contributed by atoms with E-state index < -0.39 is 5.41 Å². The van der Waals surface area contributed by atoms with Crippen LogP contribution < -0.4 is 10.1 Å². The Morgan fingerprint density at radius 3 is 2.91 bits per heavy atom. The van der Waals surface area contributed by atoms with Crippen LogP contribution in [0, 0.1) is 0 Å². The first-order valence-electron chi connectivity index (χ1n) is 7.56. The maximum absolute atomic E-state index is 12.9. The molecule has 0 spiro atoms. The fourth-order valence-electron chi connectivity index (χ4n) is 3.21. The maximum atomic E-state index is 12.9. The van der Waals surface area contributed by atoms with Crippen LogP contribution in [0.25, 0.3) is 0 Å². The molecule has 1 aromatic carbocycles. The van der Waals surface area contributed by atoms with Crippen LogP contribution in [0.5, 0.6) is 5.75 Å². The van der Waals surface area contributed by atoms with E-state index in [9.17, 15) is 4.79 Å². The van der Waals surface area contributed by atoms with E-state index in [-0.39, 0.29) is 5.91 Å². The minimum Gasteiger partial charge on any atom is -0.497 e. The van der Waals surface area contributed by atoms with Crippen LogP contribution >= 0.6 is 11.3 Å². The zero-order valence-electron chi connectivity index (χ0n) is 12.7. The van der Waals surface area contributed by atoms with Gasteiger partial charge in [0.05, 0.1) is 19.1 Å². The topological polar surface area (TPSA) is 51.2 Å². The number of hydrogen-bond donors (Lipinski definition) is 1. The average molecular weight is 316 g/mol. The quantitative estimate of drug-likeness (QED) is 0.921. The lowest BCUT2D eigenvalue weighted by Crippen LogP contribution is -2.42. The zero-order chi connectivity index (χ0) is 15.4. The highest BCUT2D eigenvalue weighted by molar-refractivity contribution is 7.09. The lowest BCUT2D eigenvalue weighted by Gasteiger charge is -2.28. The number of nitrogens with zero attached hydrogens (tertiary/aromatic N) is 1. The second kappa shape index (κ2) is 6.48. The Morgan fingerprint density at radius 2 is 2.23 bits per heavy atom. The highest BCUT2D eigenvalue weighted by Gasteiger charge is 2.42. The normalized spacial score (nSPS) is 16.4. The van der Waals surface area contributed by atoms with Gasteiger partial charge in [0.1, 0.15) is 10.8 Å². The van der Waals surface area contributed by atoms with Gasteiger partial charge in [-0.05, 0) is 30.5 Å². The number of thiazole rings is 1. The van der Waals surface area contributed by atoms with Crippen molar-refractivity contribution in [3.8, 4) is 5.75 Å². The van der Waals surface area contributed by atoms with Crippen LogP contribution in [0.4, 0.5) is 0 Å². The van der Waals surface area contributed by atoms with Crippen LogP contribution in [0.15, 0.2) is 35.8 Å². The lowest BCUT2D eigenvalue weighted by atomic mass is 9.78. The van der Waals surface area contributed by atoms with Crippen LogP contribution in [0.2, 0.25) is 0 Å². The lowest BCUT2D eigenvalue weighted by molar-refractivity contribution is -0.126. The van der Waals surface area contributed by atoms with Crippen molar-refractivity contribution in [3.05, 3.63) is 46.4 Å². The first-order chi connectivity index (χ1) is 10.7. The molecule has 1 heterocycles. The number of benzene rings is 1. The van der Waals surface area contributed by atoms with Crippen molar-refractivity contribution in [1.29, 1.82) is 0 Å². The van der Waals surface area contributed by atoms with Crippen molar-refractivity contribution in [3.63, 3.8) is 0 Å². The molecular formula is C17H20N2O2S. The first kappa shape index (κ1) is 15.0. The largest absolute Gasteiger partial charge is 0.497 e. The standard InChI is InChI=1S/C17H20N2O2S/c1-21-14-6-4-5-13(11-14)17(7-2-3-8-17)16(20)19-12-15-18-9-10-22-15/h4-6,9-11H,2-3,7-8,12H2,1H3,(H,19,20). The number of rotatable bonds is 5. The third-order valence-corrected chi connectivity index (χ3v) is 5.18. The number of amides is 1. The smallest absolute Gasteiger partial charge is 0.231 e. The van der Waals surface area contributed by atoms with E-state index >= 15 is 0 Å². The summed E-state index contributed by atoms with van der Waals surface area (Å²) in [4.78, 5) is 17.1. The van der Waals surface area contributed by atoms with Crippen molar-refractivity contribution >= 4 is 17.2 Å². The van der Waals surface area contributed by atoms with Gasteiger partial charge in [-0.1, -0.05) is 25.0 Å². The monoisotopic (exact) mass is 316 g/mol. The summed E-state index contributed by atoms with van der Waals surface area (Å²) in [5.74, 6) is 0.907. The Bertz CT molecular complexity index is 634. The predicted octanol–water partition coefficient (Wildman–Crippen LogP) is 3.28. The summed E-state index contributed by atoms with van der Waals surface area (Å²) < 4.78 is 5.32. The van der Waals surface area contributed by atoms with Crippen LogP contribution in [0.1, 0.15) is 36.3 Å². The van der Waals surface area contributed by atoms with Crippen LogP contribution in [0.3, 0.4) is 0 Å². The van der Waals surface area contributed by atoms with E-state index in [1.54, 1.807) is 24.6 Å². The summed E-state index contributed by atoms with van der Waals surface area (Å²) >= 11 is 1.56. The number of methoxy groups -OCH3 is 1. The maximum Gasteiger partial charge on any atom is 0.231 e. The molecule has 0 bridgehead atoms. The van der Waals surface area contributed by atoms with Gasteiger partial charge in [-0.3, -0.25) is 4.79 Å². The van der Waals surface area contributed by atoms with Gasteiger partial charge >= 0.3 is 0 Å². The van der Waals surface area contributed by atoms with Crippen LogP contribution in [-0.4, -0.2) is 18.0 Å². The van der Waals surface area contributed by atoms with Gasteiger partial charge in [0, 0.05) is 11.6 Å². The van der Waals surface area contributed by atoms with Gasteiger partial charge in [0.25, 0.3) is 0 Å². The van der Waals surface area contributed by atoms with Crippen molar-refractivity contribution in [1.82, 2.24) is 10.3 Å². The zero-order valence-corrected chi connectivity index (χ0v) is 13.5. The Kier molecular flexibility index (Phi) is 4.43. The molecule has 1 N–H and O–H groups in total. The summed E-state index contributed by atoms with van der Waals surface area (Å²) in [5, 5.41) is 5.93. The number of carbonyl (C=O) groups is 1. The molecule has 3 rings (SSSR count). The molecule has 0 atom stereocenters. The minimum atomic E-state index is -0.425. The van der Waals surface area contributed by atoms with Gasteiger partial charge in [0.15, 0.2) is 0 Å². The fourth-order valence-corrected chi connectivity index (χ4v) is 3.77. The third-order valence-electron chi connectivity index (χ3n) is 4.40. The molecule has 1 aliphatic carbocycles. The van der Waals surface area contributed by atoms with E-state index in [1.807, 2.05) is 29.6 Å². The predicted molar refractivity (Wildman–Crippen MR) is 87.1 cm³/mol. The second-order valence-electron chi connectivity index (χ2n) is 5.63. The second-order valence-corrected chi connectivity index (χ2v) is 6.61. The molecule has 5 heteroatoms. The van der Waals surface area contributed by atoms with E-state index in [2.05, 4.69) is 10.3 Å². The van der Waals surface area contributed by atoms with E-state index in [0.717, 1.165) is 42.0 Å². The summed E-state index contributed by atoms with van der Waals surface area (Å²) in [5.41, 5.74) is 0.632. The average Bonchev–Trinajstić information content (AvgIpc) is 3.24. The molecule has 22 heavy (non-hydrogen) atoms. The van der Waals surface area contributed by atoms with Gasteiger partial charge in [0.2, 0.25) is 5.91 Å². The number of ether oxygens (including phenoxy) is 1. The molecule has 0 saturated heterocycles. The molecular weight excluding hydrogens is 296 g/mol. The van der Waals surface area contributed by atoms with E-state index in [0.29, 0.717) is 6.54 Å². The fraction of sp³-hybridized carbons (Fsp3) is 0.412. The molecule has 2 aromatic rings. The van der Waals surface area contributed by atoms with Gasteiger partial charge in [-0.2, -0.15) is 0 Å². The SMILES string of the molecule is COc1cccc(C2(C(=O)NCc3nccs3)CCCC2)c1. The number of carbonyl (C=O) groups excluding carboxylic acids is 1. The van der Waals surface area contributed by atoms with Gasteiger partial charge in [-0.25, -0.2) is 4.98 Å². The Balaban J connectivity index is 1.82. The molecule has 1 aliphatic rings. The molecule has 1 aromatic heterocycles. The summed E-state index contributed by atoms with van der Waals surface area (Å²) in [6.07, 6.45) is 5.72. The highest BCUT2D eigenvalue weighted by Crippen LogP contribution is 2.42. The number of nitrogens with one attached hydrogen (secondary N) is 1. The molecule has 0 unspecified atom stereocenters. The molecule has 116 valence electrons. The molecule has 1 saturated carbocycles. The highest BCUT2D eigenvalue weighted by atomic mass is 32.1. The Labute approximate surface area is 134 Å². The van der Waals surface area contributed by atoms with Gasteiger partial charge in [-0.15, -0.1) is 11.3 Å². The number of hydrogen-bond acceptors (Lipinski definition) is 4. The van der Waals surface area contributed by atoms with Crippen molar-refractivity contribution in [2.45, 2.75) is 37.6 Å². The van der Waals surface area contributed by atoms with Crippen molar-refractivity contribution in [2.75, 3.05) is 7.11 Å². The third kappa shape index (κ3) is 2.86. The van der Waals surface area contributed by atoms with Crippen molar-refractivity contribution < 1.29 is 9.53 Å². The van der Waals surface area contributed by atoms with Crippen LogP contribution in [-0.2, 0) is 16.8 Å². The number of aromatic nitrogens is 1. The summed E-state index contributed by atoms with van der Waals surface area (Å²) in [6, 6.07) is 7.91. The first-order valence-corrected chi connectivity index (χ1v) is 8.44. The van der Waals surface area contributed by atoms with E-state index in [1.165, 1.54) is 0 Å². The molecule has 0 aliphatic heterocycles. The van der Waals surface area contributed by atoms with Gasteiger partial charge < -0.3 is 10.1 Å². The Hall–Kier alpha value is -1.88. The van der Waals surface area contributed by atoms with Crippen molar-refractivity contribution in [2.24, 2.45) is 0 Å². The molecule has 1 amide bonds. The summed E-state index contributed by atoms with van der Waals surface area (Å²) in [6.45, 7) is 0.502. The molecule has 4 nitrogen and oxygen atoms in total. The van der Waals surface area contributed by atoms with E-state index in [4.69, 9.17) is 4.74 Å². The Morgan fingerprint density at radius 1 is 1.41 bits per heavy atom. The molecule has 1 fully saturated rings. The minimum absolute atomic E-state index is 0.105.